The summed E-state index contributed by atoms with van der Waals surface area (Å²) in [5.41, 5.74) is 0.0934. The average Bonchev–Trinajstić information content (AvgIpc) is 3.06. The van der Waals surface area contributed by atoms with Gasteiger partial charge in [-0.05, 0) is 66.6 Å². The van der Waals surface area contributed by atoms with E-state index < -0.39 is 11.5 Å². The smallest absolute Gasteiger partial charge is 0.161 e. The number of rotatable bonds is 1. The van der Waals surface area contributed by atoms with Gasteiger partial charge in [-0.1, -0.05) is 40.7 Å². The Balaban J connectivity index is 1.49. The Kier molecular flexibility index (Phi) is 3.42. The van der Waals surface area contributed by atoms with Crippen molar-refractivity contribution in [1.29, 1.82) is 0 Å². The number of carbonyl (C=O) groups excluding carboxylic acids is 1. The molecule has 1 aromatic heterocycles. The molecule has 4 fully saturated rings. The summed E-state index contributed by atoms with van der Waals surface area (Å²) in [6, 6.07) is 2.11. The summed E-state index contributed by atoms with van der Waals surface area (Å²) in [6.07, 6.45) is 11.2. The Morgan fingerprint density at radius 2 is 1.87 bits per heavy atom. The van der Waals surface area contributed by atoms with Crippen molar-refractivity contribution in [2.45, 2.75) is 84.0 Å². The van der Waals surface area contributed by atoms with E-state index in [0.29, 0.717) is 18.3 Å². The highest BCUT2D eigenvalue weighted by Gasteiger charge is 2.86. The zero-order valence-corrected chi connectivity index (χ0v) is 18.8. The molecule has 2 heterocycles. The number of allylic oxidation sites excluding steroid dienone is 2. The largest absolute Gasteiger partial charge is 0.472 e. The van der Waals surface area contributed by atoms with E-state index in [1.807, 2.05) is 12.3 Å². The molecule has 1 spiro atoms. The van der Waals surface area contributed by atoms with E-state index in [-0.39, 0.29) is 39.7 Å². The minimum atomic E-state index is -0.466. The minimum absolute atomic E-state index is 0.0132. The third kappa shape index (κ3) is 1.79. The molecular weight excluding hydrogens is 376 g/mol. The lowest BCUT2D eigenvalue weighted by Crippen LogP contribution is -2.69. The van der Waals surface area contributed by atoms with Gasteiger partial charge in [-0.3, -0.25) is 4.79 Å². The number of epoxide rings is 1. The molecule has 0 aromatic carbocycles. The molecule has 1 aliphatic heterocycles. The quantitative estimate of drug-likeness (QED) is 0.670. The number of aliphatic hydroxyl groups excluding tert-OH is 1. The summed E-state index contributed by atoms with van der Waals surface area (Å²) in [5, 5.41) is 11.8. The molecule has 0 radical (unpaired) electrons. The molecular formula is C26H34O4. The summed E-state index contributed by atoms with van der Waals surface area (Å²) in [5.74, 6) is 1.05. The van der Waals surface area contributed by atoms with Crippen LogP contribution in [0.1, 0.15) is 71.8 Å². The summed E-state index contributed by atoms with van der Waals surface area (Å²) in [4.78, 5) is 12.7. The molecule has 9 atom stereocenters. The number of furan rings is 1. The van der Waals surface area contributed by atoms with Crippen LogP contribution in [0.3, 0.4) is 0 Å². The third-order valence-electron chi connectivity index (χ3n) is 11.0. The first-order chi connectivity index (χ1) is 14.0. The first-order valence-electron chi connectivity index (χ1n) is 11.6. The zero-order valence-electron chi connectivity index (χ0n) is 18.8. The highest BCUT2D eigenvalue weighted by Crippen LogP contribution is 2.82. The van der Waals surface area contributed by atoms with Crippen molar-refractivity contribution >= 4 is 5.78 Å². The van der Waals surface area contributed by atoms with Crippen molar-refractivity contribution in [1.82, 2.24) is 0 Å². The minimum Gasteiger partial charge on any atom is -0.472 e. The highest BCUT2D eigenvalue weighted by atomic mass is 16.6. The van der Waals surface area contributed by atoms with E-state index in [2.05, 4.69) is 46.8 Å². The molecule has 4 aliphatic carbocycles. The van der Waals surface area contributed by atoms with Gasteiger partial charge < -0.3 is 14.3 Å². The molecule has 4 heteroatoms. The molecule has 0 unspecified atom stereocenters. The molecule has 4 nitrogen and oxygen atoms in total. The van der Waals surface area contributed by atoms with Crippen LogP contribution in [-0.2, 0) is 9.53 Å². The lowest BCUT2D eigenvalue weighted by molar-refractivity contribution is -0.222. The number of ether oxygens (including phenoxy) is 1. The molecule has 5 aliphatic rings. The second-order valence-electron chi connectivity index (χ2n) is 12.1. The van der Waals surface area contributed by atoms with Crippen molar-refractivity contribution < 1.29 is 19.1 Å². The van der Waals surface area contributed by atoms with Crippen LogP contribution in [0.2, 0.25) is 0 Å². The Hall–Kier alpha value is -1.39. The molecule has 1 aromatic rings. The molecule has 0 bridgehead atoms. The lowest BCUT2D eigenvalue weighted by atomic mass is 9.37. The summed E-state index contributed by atoms with van der Waals surface area (Å²) in [6.45, 7) is 11.2. The van der Waals surface area contributed by atoms with Crippen LogP contribution in [0.25, 0.3) is 0 Å². The van der Waals surface area contributed by atoms with Crippen LogP contribution < -0.4 is 0 Å². The van der Waals surface area contributed by atoms with E-state index in [9.17, 15) is 9.90 Å². The van der Waals surface area contributed by atoms with Crippen molar-refractivity contribution in [3.8, 4) is 0 Å². The van der Waals surface area contributed by atoms with Gasteiger partial charge in [0.05, 0.1) is 24.7 Å². The van der Waals surface area contributed by atoms with E-state index in [0.717, 1.165) is 19.3 Å². The van der Waals surface area contributed by atoms with E-state index in [1.165, 1.54) is 5.56 Å². The van der Waals surface area contributed by atoms with Crippen LogP contribution in [0.4, 0.5) is 0 Å². The van der Waals surface area contributed by atoms with Gasteiger partial charge in [0.2, 0.25) is 0 Å². The molecule has 6 rings (SSSR count). The molecule has 30 heavy (non-hydrogen) atoms. The molecule has 162 valence electrons. The average molecular weight is 411 g/mol. The fourth-order valence-electron chi connectivity index (χ4n) is 9.42. The van der Waals surface area contributed by atoms with Crippen molar-refractivity contribution in [3.05, 3.63) is 36.3 Å². The fourth-order valence-corrected chi connectivity index (χ4v) is 9.42. The first kappa shape index (κ1) is 19.3. The predicted molar refractivity (Wildman–Crippen MR) is 113 cm³/mol. The fraction of sp³-hybridized carbons (Fsp3) is 0.731. The Labute approximate surface area is 179 Å². The van der Waals surface area contributed by atoms with Gasteiger partial charge >= 0.3 is 0 Å². The van der Waals surface area contributed by atoms with Crippen LogP contribution in [0.5, 0.6) is 0 Å². The maximum Gasteiger partial charge on any atom is 0.161 e. The second-order valence-corrected chi connectivity index (χ2v) is 12.1. The number of aliphatic hydroxyl groups is 1. The van der Waals surface area contributed by atoms with E-state index in [1.54, 1.807) is 6.26 Å². The number of hydrogen-bond donors (Lipinski definition) is 1. The summed E-state index contributed by atoms with van der Waals surface area (Å²) in [7, 11) is 0. The zero-order chi connectivity index (χ0) is 21.3. The SMILES string of the molecule is CC1(C)C(=O)C=C[C@]2(C)[C@H]3CC[C@@]4(C)[C@H](c5ccoc5)C[C@H]5O[C@]54[C@]3(C)[C@H](O)C[C@@H]12. The normalized spacial score (nSPS) is 55.4. The summed E-state index contributed by atoms with van der Waals surface area (Å²) >= 11 is 0. The van der Waals surface area contributed by atoms with Crippen LogP contribution in [0.15, 0.2) is 35.2 Å². The van der Waals surface area contributed by atoms with Gasteiger partial charge in [0, 0.05) is 16.2 Å². The lowest BCUT2D eigenvalue weighted by Gasteiger charge is -2.67. The third-order valence-corrected chi connectivity index (χ3v) is 11.0. The Morgan fingerprint density at radius 1 is 1.10 bits per heavy atom. The first-order valence-corrected chi connectivity index (χ1v) is 11.6. The summed E-state index contributed by atoms with van der Waals surface area (Å²) < 4.78 is 12.1. The van der Waals surface area contributed by atoms with E-state index >= 15 is 0 Å². The van der Waals surface area contributed by atoms with Crippen LogP contribution in [0, 0.1) is 33.5 Å². The van der Waals surface area contributed by atoms with Crippen LogP contribution in [-0.4, -0.2) is 28.7 Å². The number of fused-ring (bicyclic) bond motifs is 3. The molecule has 3 saturated carbocycles. The highest BCUT2D eigenvalue weighted by molar-refractivity contribution is 5.95. The number of carbonyl (C=O) groups is 1. The number of hydrogen-bond acceptors (Lipinski definition) is 4. The van der Waals surface area contributed by atoms with Gasteiger partial charge in [0.25, 0.3) is 0 Å². The predicted octanol–water partition coefficient (Wildman–Crippen LogP) is 4.88. The van der Waals surface area contributed by atoms with Crippen molar-refractivity contribution in [2.75, 3.05) is 0 Å². The van der Waals surface area contributed by atoms with Gasteiger partial charge in [-0.2, -0.15) is 0 Å². The standard InChI is InChI=1S/C26H34O4/c1-22(2)18-13-20(28)25(5)17(23(18,3)9-7-19(22)27)6-10-24(4)16(15-8-11-29-14-15)12-21-26(24,25)30-21/h7-9,11,14,16-18,20-21,28H,6,10,12-13H2,1-5H3/t16-,17+,18-,20+,21+,23+,24-,25-,26+/m0/s1. The number of ketones is 1. The van der Waals surface area contributed by atoms with Crippen LogP contribution >= 0.6 is 0 Å². The van der Waals surface area contributed by atoms with Gasteiger partial charge in [0.1, 0.15) is 5.60 Å². The monoisotopic (exact) mass is 410 g/mol. The van der Waals surface area contributed by atoms with E-state index in [4.69, 9.17) is 9.15 Å². The van der Waals surface area contributed by atoms with Gasteiger partial charge in [-0.15, -0.1) is 0 Å². The van der Waals surface area contributed by atoms with Crippen molar-refractivity contribution in [3.63, 3.8) is 0 Å². The Bertz CT molecular complexity index is 946. The van der Waals surface area contributed by atoms with Crippen molar-refractivity contribution in [2.24, 2.45) is 33.5 Å². The maximum absolute atomic E-state index is 12.7. The molecule has 1 N–H and O–H groups in total. The topological polar surface area (TPSA) is 63.0 Å². The van der Waals surface area contributed by atoms with Gasteiger partial charge in [0.15, 0.2) is 5.78 Å². The molecule has 1 saturated heterocycles. The Morgan fingerprint density at radius 3 is 2.57 bits per heavy atom. The second kappa shape index (κ2) is 5.32. The van der Waals surface area contributed by atoms with Gasteiger partial charge in [-0.25, -0.2) is 0 Å². The molecule has 0 amide bonds. The maximum atomic E-state index is 12.7.